The standard InChI is InChI=1S/C18H29N2O2/c1-17(2)12-15(13-18(3,4)20(17)21)19-16(10-11-22-5)14-8-6-7-9-14/h6-10,14-15,19H,11-13H2,1-5H3/b16-10-. The summed E-state index contributed by atoms with van der Waals surface area (Å²) in [7, 11) is 1.70. The van der Waals surface area contributed by atoms with Gasteiger partial charge in [-0.15, -0.1) is 10.3 Å². The first-order chi connectivity index (χ1) is 10.3. The first-order valence-electron chi connectivity index (χ1n) is 8.04. The number of nitrogens with zero attached hydrogens (tertiary/aromatic N) is 1. The topological polar surface area (TPSA) is 44.4 Å². The van der Waals surface area contributed by atoms with Crippen LogP contribution < -0.4 is 5.32 Å². The Morgan fingerprint density at radius 2 is 1.77 bits per heavy atom. The van der Waals surface area contributed by atoms with Crippen LogP contribution in [0.25, 0.3) is 0 Å². The zero-order valence-electron chi connectivity index (χ0n) is 14.4. The fourth-order valence-corrected chi connectivity index (χ4v) is 3.70. The van der Waals surface area contributed by atoms with E-state index in [-0.39, 0.29) is 17.0 Å². The van der Waals surface area contributed by atoms with Gasteiger partial charge in [0.1, 0.15) is 0 Å². The van der Waals surface area contributed by atoms with E-state index in [1.54, 1.807) is 7.11 Å². The number of nitrogens with one attached hydrogen (secondary N) is 1. The van der Waals surface area contributed by atoms with Gasteiger partial charge in [-0.3, -0.25) is 0 Å². The molecule has 1 saturated heterocycles. The predicted octanol–water partition coefficient (Wildman–Crippen LogP) is 3.22. The second-order valence-electron chi connectivity index (χ2n) is 7.58. The van der Waals surface area contributed by atoms with Gasteiger partial charge in [0.15, 0.2) is 0 Å². The third-order valence-corrected chi connectivity index (χ3v) is 4.54. The molecule has 0 spiro atoms. The Kier molecular flexibility index (Phi) is 5.15. The number of allylic oxidation sites excluding steroid dienone is 3. The molecule has 1 heterocycles. The maximum atomic E-state index is 12.5. The van der Waals surface area contributed by atoms with Crippen molar-refractivity contribution < 1.29 is 9.94 Å². The minimum Gasteiger partial charge on any atom is -0.385 e. The lowest BCUT2D eigenvalue weighted by molar-refractivity contribution is -0.290. The lowest BCUT2D eigenvalue weighted by atomic mass is 9.78. The summed E-state index contributed by atoms with van der Waals surface area (Å²) in [4.78, 5) is 0. The van der Waals surface area contributed by atoms with Crippen LogP contribution in [0.1, 0.15) is 40.5 Å². The number of hydroxylamine groups is 2. The van der Waals surface area contributed by atoms with E-state index in [1.807, 2.05) is 27.7 Å². The highest BCUT2D eigenvalue weighted by molar-refractivity contribution is 5.28. The molecule has 0 aromatic rings. The molecule has 0 amide bonds. The highest BCUT2D eigenvalue weighted by Crippen LogP contribution is 2.37. The number of hydrogen-bond donors (Lipinski definition) is 1. The van der Waals surface area contributed by atoms with Crippen molar-refractivity contribution in [2.45, 2.75) is 57.7 Å². The Morgan fingerprint density at radius 3 is 2.27 bits per heavy atom. The van der Waals surface area contributed by atoms with Crippen molar-refractivity contribution >= 4 is 0 Å². The summed E-state index contributed by atoms with van der Waals surface area (Å²) in [6, 6.07) is 0.292. The molecule has 123 valence electrons. The Balaban J connectivity index is 2.12. The fraction of sp³-hybridized carbons (Fsp3) is 0.667. The smallest absolute Gasteiger partial charge is 0.0663 e. The molecule has 1 aliphatic heterocycles. The highest BCUT2D eigenvalue weighted by atomic mass is 16.5. The van der Waals surface area contributed by atoms with Gasteiger partial charge >= 0.3 is 0 Å². The van der Waals surface area contributed by atoms with Crippen LogP contribution in [-0.2, 0) is 9.94 Å². The summed E-state index contributed by atoms with van der Waals surface area (Å²) in [6.45, 7) is 8.72. The number of hydrogen-bond acceptors (Lipinski definition) is 3. The molecule has 1 aliphatic carbocycles. The minimum absolute atomic E-state index is 0.284. The molecule has 0 unspecified atom stereocenters. The molecule has 0 aromatic carbocycles. The summed E-state index contributed by atoms with van der Waals surface area (Å²) >= 11 is 0. The SMILES string of the molecule is COC/C=C(\NC1CC(C)(C)N([O])C(C)(C)C1)C1C=CC=C1. The van der Waals surface area contributed by atoms with Crippen molar-refractivity contribution in [2.24, 2.45) is 5.92 Å². The van der Waals surface area contributed by atoms with Crippen LogP contribution >= 0.6 is 0 Å². The molecule has 0 atom stereocenters. The summed E-state index contributed by atoms with van der Waals surface area (Å²) < 4.78 is 5.20. The van der Waals surface area contributed by atoms with Crippen LogP contribution in [0.4, 0.5) is 0 Å². The zero-order chi connectivity index (χ0) is 16.4. The van der Waals surface area contributed by atoms with Crippen LogP contribution in [0, 0.1) is 5.92 Å². The Labute approximate surface area is 134 Å². The maximum absolute atomic E-state index is 12.5. The monoisotopic (exact) mass is 305 g/mol. The van der Waals surface area contributed by atoms with Gasteiger partial charge in [-0.25, -0.2) is 0 Å². The largest absolute Gasteiger partial charge is 0.385 e. The van der Waals surface area contributed by atoms with E-state index in [0.717, 1.165) is 12.8 Å². The van der Waals surface area contributed by atoms with Gasteiger partial charge in [-0.05, 0) is 46.6 Å². The van der Waals surface area contributed by atoms with Gasteiger partial charge in [0.05, 0.1) is 6.61 Å². The Bertz CT molecular complexity index is 447. The maximum Gasteiger partial charge on any atom is 0.0663 e. The summed E-state index contributed by atoms with van der Waals surface area (Å²) in [5, 5.41) is 17.4. The number of ether oxygens (including phenoxy) is 1. The molecule has 2 rings (SSSR count). The molecule has 0 aromatic heterocycles. The van der Waals surface area contributed by atoms with E-state index >= 15 is 0 Å². The fourth-order valence-electron chi connectivity index (χ4n) is 3.70. The van der Waals surface area contributed by atoms with E-state index < -0.39 is 0 Å². The third kappa shape index (κ3) is 3.80. The quantitative estimate of drug-likeness (QED) is 0.848. The normalized spacial score (nSPS) is 25.8. The van der Waals surface area contributed by atoms with Gasteiger partial charge in [-0.1, -0.05) is 24.3 Å². The molecular weight excluding hydrogens is 276 g/mol. The highest BCUT2D eigenvalue weighted by Gasteiger charge is 2.46. The van der Waals surface area contributed by atoms with Gasteiger partial charge < -0.3 is 10.1 Å². The Hall–Kier alpha value is -1.10. The van der Waals surface area contributed by atoms with Gasteiger partial charge in [-0.2, -0.15) is 0 Å². The minimum atomic E-state index is -0.354. The van der Waals surface area contributed by atoms with E-state index in [9.17, 15) is 5.21 Å². The second kappa shape index (κ2) is 6.57. The summed E-state index contributed by atoms with van der Waals surface area (Å²) in [6.07, 6.45) is 12.3. The van der Waals surface area contributed by atoms with Crippen molar-refractivity contribution in [1.82, 2.24) is 10.4 Å². The van der Waals surface area contributed by atoms with Crippen LogP contribution in [0.2, 0.25) is 0 Å². The van der Waals surface area contributed by atoms with Crippen molar-refractivity contribution in [3.8, 4) is 0 Å². The second-order valence-corrected chi connectivity index (χ2v) is 7.58. The van der Waals surface area contributed by atoms with Crippen LogP contribution in [-0.4, -0.2) is 35.9 Å². The van der Waals surface area contributed by atoms with Crippen molar-refractivity contribution in [3.05, 3.63) is 36.1 Å². The molecule has 0 bridgehead atoms. The number of methoxy groups -OCH3 is 1. The average Bonchev–Trinajstić information content (AvgIpc) is 2.94. The van der Waals surface area contributed by atoms with E-state index in [2.05, 4.69) is 35.7 Å². The molecule has 1 fully saturated rings. The van der Waals surface area contributed by atoms with Crippen LogP contribution in [0.15, 0.2) is 36.1 Å². The van der Waals surface area contributed by atoms with Gasteiger partial charge in [0.2, 0.25) is 0 Å². The molecule has 1 N–H and O–H groups in total. The van der Waals surface area contributed by atoms with Gasteiger partial charge in [0.25, 0.3) is 0 Å². The van der Waals surface area contributed by atoms with Crippen molar-refractivity contribution in [1.29, 1.82) is 0 Å². The van der Waals surface area contributed by atoms with E-state index in [1.165, 1.54) is 10.8 Å². The molecular formula is C18H29N2O2. The predicted molar refractivity (Wildman–Crippen MR) is 88.6 cm³/mol. The van der Waals surface area contributed by atoms with Crippen molar-refractivity contribution in [2.75, 3.05) is 13.7 Å². The lowest BCUT2D eigenvalue weighted by Crippen LogP contribution is -2.61. The molecule has 0 saturated carbocycles. The number of rotatable bonds is 5. The summed E-state index contributed by atoms with van der Waals surface area (Å²) in [5.74, 6) is 0.284. The molecule has 22 heavy (non-hydrogen) atoms. The van der Waals surface area contributed by atoms with E-state index in [0.29, 0.717) is 12.6 Å². The van der Waals surface area contributed by atoms with Crippen LogP contribution in [0.5, 0.6) is 0 Å². The third-order valence-electron chi connectivity index (χ3n) is 4.54. The first kappa shape index (κ1) is 17.3. The zero-order valence-corrected chi connectivity index (χ0v) is 14.4. The van der Waals surface area contributed by atoms with E-state index in [4.69, 9.17) is 4.74 Å². The number of piperidine rings is 1. The van der Waals surface area contributed by atoms with Gasteiger partial charge in [0, 0.05) is 35.8 Å². The molecule has 4 heteroatoms. The lowest BCUT2D eigenvalue weighted by Gasteiger charge is -2.50. The van der Waals surface area contributed by atoms with Crippen LogP contribution in [0.3, 0.4) is 0 Å². The molecule has 1 radical (unpaired) electrons. The molecule has 2 aliphatic rings. The Morgan fingerprint density at radius 1 is 1.23 bits per heavy atom. The summed E-state index contributed by atoms with van der Waals surface area (Å²) in [5.41, 5.74) is 0.461. The van der Waals surface area contributed by atoms with Crippen molar-refractivity contribution in [3.63, 3.8) is 0 Å². The average molecular weight is 305 g/mol. The molecule has 4 nitrogen and oxygen atoms in total. The first-order valence-corrected chi connectivity index (χ1v) is 8.04.